The molecule has 0 fully saturated rings. The van der Waals surface area contributed by atoms with Gasteiger partial charge in [-0.1, -0.05) is 18.2 Å². The summed E-state index contributed by atoms with van der Waals surface area (Å²) in [4.78, 5) is 28.7. The maximum atomic E-state index is 12.6. The third-order valence-electron chi connectivity index (χ3n) is 4.48. The van der Waals surface area contributed by atoms with Crippen molar-refractivity contribution in [2.24, 2.45) is 0 Å². The zero-order valence-electron chi connectivity index (χ0n) is 14.7. The zero-order chi connectivity index (χ0) is 20.0. The molecular formula is C21H12N2O5S. The minimum atomic E-state index is -1.14. The topological polar surface area (TPSA) is 106 Å². The Morgan fingerprint density at radius 2 is 1.93 bits per heavy atom. The van der Waals surface area contributed by atoms with Crippen molar-refractivity contribution in [3.8, 4) is 11.1 Å². The lowest BCUT2D eigenvalue weighted by molar-refractivity contribution is 0.0699. The first-order valence-corrected chi connectivity index (χ1v) is 9.47. The van der Waals surface area contributed by atoms with Gasteiger partial charge in [0.15, 0.2) is 5.58 Å². The molecule has 142 valence electrons. The molecule has 0 aliphatic heterocycles. The Hall–Kier alpha value is -3.91. The Labute approximate surface area is 167 Å². The lowest BCUT2D eigenvalue weighted by atomic mass is 10.0. The number of thiophene rings is 1. The summed E-state index contributed by atoms with van der Waals surface area (Å²) in [5.41, 5.74) is 2.99. The zero-order valence-corrected chi connectivity index (χ0v) is 15.5. The van der Waals surface area contributed by atoms with Crippen molar-refractivity contribution in [2.75, 3.05) is 5.32 Å². The monoisotopic (exact) mass is 404 g/mol. The Balaban J connectivity index is 1.51. The third kappa shape index (κ3) is 2.95. The van der Waals surface area contributed by atoms with Crippen LogP contribution in [-0.4, -0.2) is 22.0 Å². The van der Waals surface area contributed by atoms with Crippen LogP contribution in [0.4, 0.5) is 5.00 Å². The van der Waals surface area contributed by atoms with Gasteiger partial charge in [-0.3, -0.25) is 4.79 Å². The molecule has 0 aliphatic carbocycles. The van der Waals surface area contributed by atoms with E-state index in [4.69, 9.17) is 8.83 Å². The molecule has 5 rings (SSSR count). The third-order valence-corrected chi connectivity index (χ3v) is 5.38. The second kappa shape index (κ2) is 6.61. The summed E-state index contributed by atoms with van der Waals surface area (Å²) in [5, 5.41) is 15.2. The van der Waals surface area contributed by atoms with E-state index in [1.807, 2.05) is 12.1 Å². The largest absolute Gasteiger partial charge is 0.478 e. The number of aromatic carboxylic acids is 1. The number of oxazole rings is 1. The lowest BCUT2D eigenvalue weighted by Gasteiger charge is -2.04. The number of nitrogens with zero attached hydrogens (tertiary/aromatic N) is 1. The Kier molecular flexibility index (Phi) is 3.92. The Morgan fingerprint density at radius 1 is 1.07 bits per heavy atom. The summed E-state index contributed by atoms with van der Waals surface area (Å²) in [5.74, 6) is -1.87. The first kappa shape index (κ1) is 17.2. The first-order chi connectivity index (χ1) is 14.1. The van der Waals surface area contributed by atoms with Crippen molar-refractivity contribution < 1.29 is 23.5 Å². The molecule has 2 aromatic carbocycles. The van der Waals surface area contributed by atoms with Crippen LogP contribution in [0.3, 0.4) is 0 Å². The molecule has 0 saturated heterocycles. The van der Waals surface area contributed by atoms with Crippen molar-refractivity contribution in [1.29, 1.82) is 0 Å². The van der Waals surface area contributed by atoms with E-state index in [9.17, 15) is 14.7 Å². The number of anilines is 1. The minimum absolute atomic E-state index is 0.0160. The fraction of sp³-hybridized carbons (Fsp3) is 0. The van der Waals surface area contributed by atoms with Crippen LogP contribution in [0.2, 0.25) is 0 Å². The van der Waals surface area contributed by atoms with Gasteiger partial charge in [-0.05, 0) is 35.9 Å². The maximum absolute atomic E-state index is 12.6. The fourth-order valence-electron chi connectivity index (χ4n) is 3.13. The second-order valence-corrected chi connectivity index (χ2v) is 7.15. The molecule has 0 radical (unpaired) electrons. The number of carboxylic acid groups (broad SMARTS) is 1. The number of para-hydroxylation sites is 2. The van der Waals surface area contributed by atoms with Crippen LogP contribution in [0.15, 0.2) is 69.0 Å². The summed E-state index contributed by atoms with van der Waals surface area (Å²) in [6.45, 7) is 0. The lowest BCUT2D eigenvalue weighted by Crippen LogP contribution is -2.13. The number of amides is 1. The van der Waals surface area contributed by atoms with Crippen LogP contribution in [-0.2, 0) is 0 Å². The van der Waals surface area contributed by atoms with Crippen molar-refractivity contribution in [3.05, 3.63) is 71.6 Å². The fourth-order valence-corrected chi connectivity index (χ4v) is 4.09. The van der Waals surface area contributed by atoms with Gasteiger partial charge in [0, 0.05) is 16.3 Å². The number of benzene rings is 2. The molecule has 5 aromatic rings. The highest BCUT2D eigenvalue weighted by Gasteiger charge is 2.23. The van der Waals surface area contributed by atoms with Crippen molar-refractivity contribution in [1.82, 2.24) is 4.98 Å². The highest BCUT2D eigenvalue weighted by Crippen LogP contribution is 2.37. The number of nitrogens with one attached hydrogen (secondary N) is 1. The van der Waals surface area contributed by atoms with Crippen LogP contribution in [0, 0.1) is 0 Å². The predicted octanol–water partition coefficient (Wildman–Crippen LogP) is 5.25. The highest BCUT2D eigenvalue weighted by molar-refractivity contribution is 7.15. The van der Waals surface area contributed by atoms with E-state index in [0.29, 0.717) is 22.2 Å². The van der Waals surface area contributed by atoms with Crippen molar-refractivity contribution >= 4 is 50.3 Å². The molecule has 0 unspecified atom stereocenters. The molecule has 3 aromatic heterocycles. The SMILES string of the molecule is O=C(Nc1scc(-c2ccc3occc3c2)c1C(=O)O)c1nc2ccccc2o1. The van der Waals surface area contributed by atoms with E-state index < -0.39 is 11.9 Å². The van der Waals surface area contributed by atoms with Crippen molar-refractivity contribution in [3.63, 3.8) is 0 Å². The van der Waals surface area contributed by atoms with Crippen LogP contribution in [0.25, 0.3) is 33.2 Å². The number of aromatic nitrogens is 1. The van der Waals surface area contributed by atoms with Gasteiger partial charge in [-0.15, -0.1) is 11.3 Å². The van der Waals surface area contributed by atoms with Gasteiger partial charge in [-0.2, -0.15) is 0 Å². The summed E-state index contributed by atoms with van der Waals surface area (Å²) in [7, 11) is 0. The van der Waals surface area contributed by atoms with E-state index >= 15 is 0 Å². The number of carbonyl (C=O) groups is 2. The summed E-state index contributed by atoms with van der Waals surface area (Å²) in [6.07, 6.45) is 1.58. The average Bonchev–Trinajstić information content (AvgIpc) is 3.44. The van der Waals surface area contributed by atoms with Gasteiger partial charge in [0.25, 0.3) is 5.89 Å². The summed E-state index contributed by atoms with van der Waals surface area (Å²) in [6, 6.07) is 14.2. The van der Waals surface area contributed by atoms with E-state index in [1.165, 1.54) is 0 Å². The number of carboxylic acids is 1. The maximum Gasteiger partial charge on any atom is 0.339 e. The summed E-state index contributed by atoms with van der Waals surface area (Å²) >= 11 is 1.13. The Morgan fingerprint density at radius 3 is 2.76 bits per heavy atom. The molecule has 8 heteroatoms. The van der Waals surface area contributed by atoms with Gasteiger partial charge in [0.1, 0.15) is 21.7 Å². The van der Waals surface area contributed by atoms with Crippen molar-refractivity contribution in [2.45, 2.75) is 0 Å². The average molecular weight is 404 g/mol. The second-order valence-electron chi connectivity index (χ2n) is 6.27. The molecule has 1 amide bonds. The standard InChI is InChI=1S/C21H12N2O5S/c24-18(19-22-14-3-1-2-4-16(14)28-19)23-20-17(21(25)26)13(10-29-20)11-5-6-15-12(9-11)7-8-27-15/h1-10H,(H,23,24)(H,25,26). The molecular weight excluding hydrogens is 392 g/mol. The van der Waals surface area contributed by atoms with E-state index in [-0.39, 0.29) is 16.5 Å². The minimum Gasteiger partial charge on any atom is -0.478 e. The molecule has 0 bridgehead atoms. The molecule has 0 spiro atoms. The number of carbonyl (C=O) groups excluding carboxylic acids is 1. The first-order valence-electron chi connectivity index (χ1n) is 8.59. The molecule has 0 saturated carbocycles. The van der Waals surface area contributed by atoms with Gasteiger partial charge in [0.2, 0.25) is 0 Å². The van der Waals surface area contributed by atoms with Gasteiger partial charge in [0.05, 0.1) is 6.26 Å². The molecule has 0 aliphatic rings. The van der Waals surface area contributed by atoms with E-state index in [1.54, 1.807) is 48.0 Å². The van der Waals surface area contributed by atoms with E-state index in [0.717, 1.165) is 22.3 Å². The van der Waals surface area contributed by atoms with Crippen LogP contribution >= 0.6 is 11.3 Å². The van der Waals surface area contributed by atoms with Gasteiger partial charge >= 0.3 is 11.9 Å². The van der Waals surface area contributed by atoms with Crippen LogP contribution in [0.1, 0.15) is 21.0 Å². The summed E-state index contributed by atoms with van der Waals surface area (Å²) < 4.78 is 10.8. The predicted molar refractivity (Wildman–Crippen MR) is 108 cm³/mol. The number of hydrogen-bond acceptors (Lipinski definition) is 6. The van der Waals surface area contributed by atoms with Gasteiger partial charge in [-0.25, -0.2) is 9.78 Å². The molecule has 0 atom stereocenters. The quantitative estimate of drug-likeness (QED) is 0.424. The number of rotatable bonds is 4. The molecule has 3 heterocycles. The molecule has 29 heavy (non-hydrogen) atoms. The number of fused-ring (bicyclic) bond motifs is 2. The molecule has 7 nitrogen and oxygen atoms in total. The van der Waals surface area contributed by atoms with Crippen LogP contribution < -0.4 is 5.32 Å². The number of hydrogen-bond donors (Lipinski definition) is 2. The highest BCUT2D eigenvalue weighted by atomic mass is 32.1. The molecule has 2 N–H and O–H groups in total. The Bertz CT molecular complexity index is 1360. The number of furan rings is 1. The normalized spacial score (nSPS) is 11.2. The van der Waals surface area contributed by atoms with Gasteiger partial charge < -0.3 is 19.3 Å². The van der Waals surface area contributed by atoms with E-state index in [2.05, 4.69) is 10.3 Å². The smallest absolute Gasteiger partial charge is 0.339 e. The van der Waals surface area contributed by atoms with Crippen LogP contribution in [0.5, 0.6) is 0 Å².